The van der Waals surface area contributed by atoms with Gasteiger partial charge in [-0.05, 0) is 92.2 Å². The van der Waals surface area contributed by atoms with Crippen molar-refractivity contribution in [3.05, 3.63) is 189 Å². The molecule has 0 spiro atoms. The summed E-state index contributed by atoms with van der Waals surface area (Å²) >= 11 is 0. The van der Waals surface area contributed by atoms with Gasteiger partial charge in [0.15, 0.2) is 0 Å². The number of fused-ring (bicyclic) bond motifs is 5. The van der Waals surface area contributed by atoms with Crippen LogP contribution in [0.15, 0.2) is 189 Å². The van der Waals surface area contributed by atoms with Crippen molar-refractivity contribution >= 4 is 43.4 Å². The fraction of sp³-hybridized carbons (Fsp3) is 0.0213. The van der Waals surface area contributed by atoms with Gasteiger partial charge in [-0.2, -0.15) is 0 Å². The van der Waals surface area contributed by atoms with Crippen LogP contribution in [0.5, 0.6) is 0 Å². The minimum Gasteiger partial charge on any atom is -0.309 e. The average Bonchev–Trinajstić information content (AvgIpc) is 3.49. The van der Waals surface area contributed by atoms with Crippen LogP contribution < -0.4 is 0 Å². The first-order chi connectivity index (χ1) is 23.8. The van der Waals surface area contributed by atoms with Gasteiger partial charge in [-0.15, -0.1) is 6.58 Å². The fourth-order valence-electron chi connectivity index (χ4n) is 7.19. The molecule has 0 amide bonds. The predicted octanol–water partition coefficient (Wildman–Crippen LogP) is 13.3. The number of allylic oxidation sites excluding steroid dienone is 1. The Morgan fingerprint density at radius 1 is 0.375 bits per heavy atom. The molecule has 1 heteroatoms. The van der Waals surface area contributed by atoms with Crippen molar-refractivity contribution in [2.45, 2.75) is 6.92 Å². The lowest BCUT2D eigenvalue weighted by Crippen LogP contribution is -1.92. The van der Waals surface area contributed by atoms with E-state index in [1.807, 2.05) is 6.92 Å². The predicted molar refractivity (Wildman–Crippen MR) is 208 cm³/mol. The van der Waals surface area contributed by atoms with Crippen LogP contribution in [0.2, 0.25) is 0 Å². The Bertz CT molecular complexity index is 2500. The van der Waals surface area contributed by atoms with Gasteiger partial charge < -0.3 is 4.57 Å². The third-order valence-corrected chi connectivity index (χ3v) is 9.19. The first kappa shape index (κ1) is 29.2. The lowest BCUT2D eigenvalue weighted by atomic mass is 9.86. The molecule has 0 aliphatic carbocycles. The van der Waals surface area contributed by atoms with Crippen LogP contribution in [0.1, 0.15) is 6.92 Å². The second-order valence-electron chi connectivity index (χ2n) is 12.1. The highest BCUT2D eigenvalue weighted by Crippen LogP contribution is 2.44. The topological polar surface area (TPSA) is 4.93 Å². The molecular weight excluding hydrogens is 579 g/mol. The van der Waals surface area contributed by atoms with Crippen molar-refractivity contribution in [2.24, 2.45) is 0 Å². The Morgan fingerprint density at radius 3 is 1.33 bits per heavy atom. The number of para-hydroxylation sites is 2. The maximum atomic E-state index is 3.36. The second kappa shape index (κ2) is 12.5. The smallest absolute Gasteiger partial charge is 0.0541 e. The Morgan fingerprint density at radius 2 is 0.771 bits per heavy atom. The van der Waals surface area contributed by atoms with E-state index in [2.05, 4.69) is 187 Å². The SMILES string of the molecule is C=CC.c1ccc(-c2c3ccccc3c(-c3ccc(-c4ccc5c(c4)c4ccccc4n5-c4ccccc4)cc3)c3ccccc23)cc1. The largest absolute Gasteiger partial charge is 0.309 e. The fourth-order valence-corrected chi connectivity index (χ4v) is 7.19. The molecule has 0 aliphatic rings. The zero-order valence-electron chi connectivity index (χ0n) is 27.0. The summed E-state index contributed by atoms with van der Waals surface area (Å²) in [5, 5.41) is 7.65. The number of benzene rings is 8. The molecule has 1 heterocycles. The first-order valence-corrected chi connectivity index (χ1v) is 16.5. The summed E-state index contributed by atoms with van der Waals surface area (Å²) in [4.78, 5) is 0. The lowest BCUT2D eigenvalue weighted by Gasteiger charge is -2.18. The quantitative estimate of drug-likeness (QED) is 0.137. The zero-order chi connectivity index (χ0) is 32.5. The van der Waals surface area contributed by atoms with Crippen LogP contribution >= 0.6 is 0 Å². The molecule has 0 radical (unpaired) electrons. The third kappa shape index (κ3) is 4.98. The maximum absolute atomic E-state index is 3.36. The van der Waals surface area contributed by atoms with Gasteiger partial charge in [-0.1, -0.05) is 152 Å². The van der Waals surface area contributed by atoms with Crippen molar-refractivity contribution in [1.82, 2.24) is 4.57 Å². The number of rotatable bonds is 4. The molecule has 0 fully saturated rings. The minimum atomic E-state index is 1.18. The van der Waals surface area contributed by atoms with Gasteiger partial charge in [0.25, 0.3) is 0 Å². The molecule has 1 nitrogen and oxygen atoms in total. The Labute approximate surface area is 281 Å². The van der Waals surface area contributed by atoms with Crippen molar-refractivity contribution in [2.75, 3.05) is 0 Å². The molecule has 1 aromatic heterocycles. The van der Waals surface area contributed by atoms with Crippen molar-refractivity contribution in [3.8, 4) is 39.1 Å². The van der Waals surface area contributed by atoms with Crippen LogP contribution in [0.4, 0.5) is 0 Å². The second-order valence-corrected chi connectivity index (χ2v) is 12.1. The van der Waals surface area contributed by atoms with E-state index in [9.17, 15) is 0 Å². The molecule has 228 valence electrons. The van der Waals surface area contributed by atoms with E-state index < -0.39 is 0 Å². The number of aromatic nitrogens is 1. The Balaban J connectivity index is 0.00000108. The molecule has 0 saturated carbocycles. The van der Waals surface area contributed by atoms with Crippen molar-refractivity contribution in [1.29, 1.82) is 0 Å². The van der Waals surface area contributed by atoms with Gasteiger partial charge in [0, 0.05) is 16.5 Å². The van der Waals surface area contributed by atoms with Crippen LogP contribution in [0.25, 0.3) is 82.4 Å². The van der Waals surface area contributed by atoms with Crippen LogP contribution in [0.3, 0.4) is 0 Å². The summed E-state index contributed by atoms with van der Waals surface area (Å²) in [5.41, 5.74) is 11.1. The van der Waals surface area contributed by atoms with E-state index >= 15 is 0 Å². The van der Waals surface area contributed by atoms with E-state index in [1.165, 1.54) is 82.4 Å². The molecular formula is C47H35N. The highest BCUT2D eigenvalue weighted by molar-refractivity contribution is 6.21. The van der Waals surface area contributed by atoms with E-state index in [1.54, 1.807) is 6.08 Å². The number of hydrogen-bond acceptors (Lipinski definition) is 0. The van der Waals surface area contributed by atoms with Crippen molar-refractivity contribution in [3.63, 3.8) is 0 Å². The Kier molecular flexibility index (Phi) is 7.64. The third-order valence-electron chi connectivity index (χ3n) is 9.19. The molecule has 9 aromatic rings. The summed E-state index contributed by atoms with van der Waals surface area (Å²) < 4.78 is 2.37. The summed E-state index contributed by atoms with van der Waals surface area (Å²) in [6, 6.07) is 63.9. The van der Waals surface area contributed by atoms with E-state index in [-0.39, 0.29) is 0 Å². The number of nitrogens with zero attached hydrogens (tertiary/aromatic N) is 1. The summed E-state index contributed by atoms with van der Waals surface area (Å²) in [5.74, 6) is 0. The minimum absolute atomic E-state index is 1.18. The summed E-state index contributed by atoms with van der Waals surface area (Å²) in [6.07, 6.45) is 1.75. The van der Waals surface area contributed by atoms with Gasteiger partial charge in [-0.3, -0.25) is 0 Å². The maximum Gasteiger partial charge on any atom is 0.0541 e. The van der Waals surface area contributed by atoms with Gasteiger partial charge in [0.1, 0.15) is 0 Å². The highest BCUT2D eigenvalue weighted by atomic mass is 15.0. The van der Waals surface area contributed by atoms with Crippen LogP contribution in [-0.4, -0.2) is 4.57 Å². The summed E-state index contributed by atoms with van der Waals surface area (Å²) in [6.45, 7) is 5.25. The van der Waals surface area contributed by atoms with Gasteiger partial charge in [0.05, 0.1) is 11.0 Å². The molecule has 0 saturated heterocycles. The van der Waals surface area contributed by atoms with E-state index in [0.29, 0.717) is 0 Å². The Hall–Kier alpha value is -6.18. The van der Waals surface area contributed by atoms with Crippen LogP contribution in [0, 0.1) is 0 Å². The van der Waals surface area contributed by atoms with Crippen molar-refractivity contribution < 1.29 is 0 Å². The molecule has 0 aliphatic heterocycles. The monoisotopic (exact) mass is 613 g/mol. The molecule has 0 N–H and O–H groups in total. The van der Waals surface area contributed by atoms with E-state index in [4.69, 9.17) is 0 Å². The number of hydrogen-bond donors (Lipinski definition) is 0. The van der Waals surface area contributed by atoms with Gasteiger partial charge >= 0.3 is 0 Å². The highest BCUT2D eigenvalue weighted by Gasteiger charge is 2.17. The van der Waals surface area contributed by atoms with Gasteiger partial charge in [0.2, 0.25) is 0 Å². The molecule has 0 unspecified atom stereocenters. The zero-order valence-corrected chi connectivity index (χ0v) is 27.0. The standard InChI is InChI=1S/C44H29N.C3H6/c1-3-13-31(14-4-1)43-36-18-7-9-20-38(36)44(39-21-10-8-19-37(39)43)32-25-23-30(24-26-32)33-27-28-42-40(29-33)35-17-11-12-22-41(35)45(42)34-15-5-2-6-16-34;1-3-2/h1-29H;3H,1H2,2H3. The molecule has 0 atom stereocenters. The summed E-state index contributed by atoms with van der Waals surface area (Å²) in [7, 11) is 0. The van der Waals surface area contributed by atoms with Gasteiger partial charge in [-0.25, -0.2) is 0 Å². The first-order valence-electron chi connectivity index (χ1n) is 16.5. The molecule has 0 bridgehead atoms. The molecule has 8 aromatic carbocycles. The van der Waals surface area contributed by atoms with Crippen LogP contribution in [-0.2, 0) is 0 Å². The van der Waals surface area contributed by atoms with E-state index in [0.717, 1.165) is 0 Å². The normalized spacial score (nSPS) is 11.1. The molecule has 48 heavy (non-hydrogen) atoms. The molecule has 9 rings (SSSR count). The average molecular weight is 614 g/mol. The lowest BCUT2D eigenvalue weighted by molar-refractivity contribution is 1.18.